The first-order valence-electron chi connectivity index (χ1n) is 11.9. The zero-order valence-corrected chi connectivity index (χ0v) is 19.0. The van der Waals surface area contributed by atoms with Crippen LogP contribution in [0.2, 0.25) is 0 Å². The highest BCUT2D eigenvalue weighted by atomic mass is 16.2. The van der Waals surface area contributed by atoms with Gasteiger partial charge in [0, 0.05) is 24.2 Å². The Morgan fingerprint density at radius 3 is 2.23 bits per heavy atom. The summed E-state index contributed by atoms with van der Waals surface area (Å²) in [6.07, 6.45) is 7.85. The Kier molecular flexibility index (Phi) is 5.95. The molecule has 0 radical (unpaired) electrons. The van der Waals surface area contributed by atoms with Crippen LogP contribution >= 0.6 is 0 Å². The highest BCUT2D eigenvalue weighted by Gasteiger charge is 2.55. The predicted octanol–water partition coefficient (Wildman–Crippen LogP) is 3.36. The molecule has 1 heterocycles. The summed E-state index contributed by atoms with van der Waals surface area (Å²) < 4.78 is 1.98. The van der Waals surface area contributed by atoms with Gasteiger partial charge in [-0.1, -0.05) is 13.8 Å². The smallest absolute Gasteiger partial charge is 0.242 e. The third-order valence-electron chi connectivity index (χ3n) is 7.70. The Morgan fingerprint density at radius 2 is 1.73 bits per heavy atom. The number of hydrogen-bond donors (Lipinski definition) is 2. The maximum absolute atomic E-state index is 13.4. The van der Waals surface area contributed by atoms with Gasteiger partial charge in [0.15, 0.2) is 0 Å². The van der Waals surface area contributed by atoms with Gasteiger partial charge in [-0.3, -0.25) is 14.3 Å². The molecule has 1 aromatic heterocycles. The normalized spacial score (nSPS) is 30.5. The van der Waals surface area contributed by atoms with Crippen LogP contribution in [0.25, 0.3) is 0 Å². The molecular weight excluding hydrogens is 376 g/mol. The minimum absolute atomic E-state index is 0.0588. The Hall–Kier alpha value is -1.85. The van der Waals surface area contributed by atoms with Crippen molar-refractivity contribution in [3.63, 3.8) is 0 Å². The van der Waals surface area contributed by atoms with Gasteiger partial charge < -0.3 is 10.6 Å². The molecule has 6 heteroatoms. The van der Waals surface area contributed by atoms with Crippen LogP contribution in [0.4, 0.5) is 0 Å². The van der Waals surface area contributed by atoms with Gasteiger partial charge in [0.2, 0.25) is 11.8 Å². The Bertz CT molecular complexity index is 762. The van der Waals surface area contributed by atoms with Crippen LogP contribution in [-0.2, 0) is 16.1 Å². The summed E-state index contributed by atoms with van der Waals surface area (Å²) in [5, 5.41) is 10.7. The summed E-state index contributed by atoms with van der Waals surface area (Å²) in [6, 6.07) is 1.60. The number of rotatable bonds is 8. The second-order valence-corrected chi connectivity index (χ2v) is 10.7. The topological polar surface area (TPSA) is 76.0 Å². The minimum atomic E-state index is -0.459. The predicted molar refractivity (Wildman–Crippen MR) is 117 cm³/mol. The van der Waals surface area contributed by atoms with Crippen molar-refractivity contribution in [3.05, 3.63) is 17.5 Å². The zero-order valence-electron chi connectivity index (χ0n) is 19.0. The summed E-state index contributed by atoms with van der Waals surface area (Å²) in [5.41, 5.74) is 1.95. The standard InChI is InChI=1S/C24H38N4O2/c1-15(2)21(22(29)25-6-5-7-28-17(4)8-16(3)27-28)26-23(30)24-12-18-9-19(13-24)11-20(10-18)14-24/h8,15,18-21H,5-7,9-14H2,1-4H3,(H,25,29)(H,26,30)/t18?,19?,20?,21-,24?/m0/s1. The first kappa shape index (κ1) is 21.4. The molecule has 4 bridgehead atoms. The van der Waals surface area contributed by atoms with Crippen LogP contribution in [0, 0.1) is 42.9 Å². The number of carbonyl (C=O) groups excluding carboxylic acids is 2. The second kappa shape index (κ2) is 8.35. The average Bonchev–Trinajstić information content (AvgIpc) is 2.98. The lowest BCUT2D eigenvalue weighted by atomic mass is 9.49. The van der Waals surface area contributed by atoms with E-state index >= 15 is 0 Å². The minimum Gasteiger partial charge on any atom is -0.354 e. The van der Waals surface area contributed by atoms with Gasteiger partial charge in [0.05, 0.1) is 5.69 Å². The second-order valence-electron chi connectivity index (χ2n) is 10.7. The maximum atomic E-state index is 13.4. The molecule has 1 atom stereocenters. The quantitative estimate of drug-likeness (QED) is 0.641. The number of nitrogens with one attached hydrogen (secondary N) is 2. The van der Waals surface area contributed by atoms with E-state index in [9.17, 15) is 9.59 Å². The molecule has 4 fully saturated rings. The van der Waals surface area contributed by atoms with E-state index in [-0.39, 0.29) is 23.1 Å². The van der Waals surface area contributed by atoms with Crippen molar-refractivity contribution < 1.29 is 9.59 Å². The summed E-state index contributed by atoms with van der Waals surface area (Å²) in [4.78, 5) is 26.2. The molecule has 6 nitrogen and oxygen atoms in total. The van der Waals surface area contributed by atoms with Crippen molar-refractivity contribution in [2.75, 3.05) is 6.54 Å². The van der Waals surface area contributed by atoms with Gasteiger partial charge in [0.25, 0.3) is 0 Å². The van der Waals surface area contributed by atoms with E-state index in [4.69, 9.17) is 0 Å². The number of hydrogen-bond acceptors (Lipinski definition) is 3. The van der Waals surface area contributed by atoms with Crippen LogP contribution in [0.3, 0.4) is 0 Å². The summed E-state index contributed by atoms with van der Waals surface area (Å²) in [7, 11) is 0. The lowest BCUT2D eigenvalue weighted by molar-refractivity contribution is -0.149. The van der Waals surface area contributed by atoms with Crippen LogP contribution in [0.1, 0.15) is 70.2 Å². The van der Waals surface area contributed by atoms with Crippen molar-refractivity contribution in [2.45, 2.75) is 85.2 Å². The zero-order chi connectivity index (χ0) is 21.5. The number of amides is 2. The van der Waals surface area contributed by atoms with E-state index in [1.54, 1.807) is 0 Å². The van der Waals surface area contributed by atoms with Crippen LogP contribution in [0.5, 0.6) is 0 Å². The molecule has 0 aromatic carbocycles. The van der Waals surface area contributed by atoms with E-state index in [1.165, 1.54) is 19.3 Å². The Labute approximate surface area is 180 Å². The van der Waals surface area contributed by atoms with Crippen LogP contribution in [-0.4, -0.2) is 34.2 Å². The molecule has 4 aliphatic rings. The lowest BCUT2D eigenvalue weighted by Crippen LogP contribution is -2.58. The molecule has 4 aliphatic carbocycles. The third-order valence-corrected chi connectivity index (χ3v) is 7.70. The summed E-state index contributed by atoms with van der Waals surface area (Å²) in [5.74, 6) is 2.32. The number of aromatic nitrogens is 2. The molecule has 0 unspecified atom stereocenters. The molecule has 1 aromatic rings. The number of nitrogens with zero attached hydrogens (tertiary/aromatic N) is 2. The fourth-order valence-electron chi connectivity index (χ4n) is 6.67. The fourth-order valence-corrected chi connectivity index (χ4v) is 6.67. The van der Waals surface area contributed by atoms with Crippen molar-refractivity contribution in [1.82, 2.24) is 20.4 Å². The highest BCUT2D eigenvalue weighted by Crippen LogP contribution is 2.60. The van der Waals surface area contributed by atoms with Gasteiger partial charge in [-0.2, -0.15) is 5.10 Å². The lowest BCUT2D eigenvalue weighted by Gasteiger charge is -2.55. The molecule has 4 saturated carbocycles. The molecule has 0 aliphatic heterocycles. The van der Waals surface area contributed by atoms with Gasteiger partial charge in [-0.15, -0.1) is 0 Å². The monoisotopic (exact) mass is 414 g/mol. The SMILES string of the molecule is Cc1cc(C)n(CCCNC(=O)[C@@H](NC(=O)C23CC4CC(CC(C4)C2)C3)C(C)C)n1. The molecule has 166 valence electrons. The Morgan fingerprint density at radius 1 is 1.13 bits per heavy atom. The molecule has 0 spiro atoms. The molecule has 0 saturated heterocycles. The molecular formula is C24H38N4O2. The van der Waals surface area contributed by atoms with E-state index in [2.05, 4.69) is 21.8 Å². The largest absolute Gasteiger partial charge is 0.354 e. The molecule has 2 N–H and O–H groups in total. The highest BCUT2D eigenvalue weighted by molar-refractivity contribution is 5.90. The van der Waals surface area contributed by atoms with Crippen LogP contribution < -0.4 is 10.6 Å². The van der Waals surface area contributed by atoms with E-state index in [0.29, 0.717) is 6.54 Å². The van der Waals surface area contributed by atoms with Gasteiger partial charge in [0.1, 0.15) is 6.04 Å². The fraction of sp³-hybridized carbons (Fsp3) is 0.792. The average molecular weight is 415 g/mol. The summed E-state index contributed by atoms with van der Waals surface area (Å²) >= 11 is 0. The van der Waals surface area contributed by atoms with Crippen molar-refractivity contribution in [1.29, 1.82) is 0 Å². The van der Waals surface area contributed by atoms with Crippen molar-refractivity contribution >= 4 is 11.8 Å². The van der Waals surface area contributed by atoms with Gasteiger partial charge >= 0.3 is 0 Å². The third kappa shape index (κ3) is 4.28. The first-order chi connectivity index (χ1) is 14.3. The molecule has 2 amide bonds. The van der Waals surface area contributed by atoms with Gasteiger partial charge in [-0.25, -0.2) is 0 Å². The van der Waals surface area contributed by atoms with Gasteiger partial charge in [-0.05, 0) is 88.5 Å². The number of aryl methyl sites for hydroxylation is 3. The van der Waals surface area contributed by atoms with Crippen LogP contribution in [0.15, 0.2) is 6.07 Å². The van der Waals surface area contributed by atoms with Crippen molar-refractivity contribution in [2.24, 2.45) is 29.1 Å². The van der Waals surface area contributed by atoms with E-state index in [0.717, 1.165) is 61.4 Å². The van der Waals surface area contributed by atoms with E-state index < -0.39 is 6.04 Å². The molecule has 30 heavy (non-hydrogen) atoms. The first-order valence-corrected chi connectivity index (χ1v) is 11.9. The number of carbonyl (C=O) groups is 2. The van der Waals surface area contributed by atoms with Crippen molar-refractivity contribution in [3.8, 4) is 0 Å². The Balaban J connectivity index is 1.30. The summed E-state index contributed by atoms with van der Waals surface area (Å²) in [6.45, 7) is 9.44. The van der Waals surface area contributed by atoms with E-state index in [1.807, 2.05) is 32.4 Å². The maximum Gasteiger partial charge on any atom is 0.242 e. The molecule has 5 rings (SSSR count).